The molecular weight excluding hydrogens is 348 g/mol. The molecule has 4 rings (SSSR count). The van der Waals surface area contributed by atoms with Crippen molar-refractivity contribution in [3.63, 3.8) is 0 Å². The first kappa shape index (κ1) is 16.6. The first-order valence-corrected chi connectivity index (χ1v) is 8.74. The Morgan fingerprint density at radius 3 is 2.50 bits per heavy atom. The maximum Gasteiger partial charge on any atom is 0.257 e. The predicted molar refractivity (Wildman–Crippen MR) is 106 cm³/mol. The molecule has 26 heavy (non-hydrogen) atoms. The monoisotopic (exact) mass is 364 g/mol. The zero-order valence-corrected chi connectivity index (χ0v) is 14.7. The first-order chi connectivity index (χ1) is 12.7. The van der Waals surface area contributed by atoms with Crippen LogP contribution in [0.1, 0.15) is 10.4 Å². The maximum atomic E-state index is 12.5. The SMILES string of the molecule is O=C(Nc1ccc2c(c1)c1ccccc1n2CCO)c1ccccc1Cl. The van der Waals surface area contributed by atoms with Gasteiger partial charge in [0.1, 0.15) is 0 Å². The fraction of sp³-hybridized carbons (Fsp3) is 0.0952. The Bertz CT molecular complexity index is 1120. The molecule has 0 unspecified atom stereocenters. The summed E-state index contributed by atoms with van der Waals surface area (Å²) in [5.74, 6) is -0.242. The Balaban J connectivity index is 1.77. The van der Waals surface area contributed by atoms with E-state index < -0.39 is 0 Å². The number of anilines is 1. The summed E-state index contributed by atoms with van der Waals surface area (Å²) in [6, 6.07) is 20.8. The van der Waals surface area contributed by atoms with Gasteiger partial charge in [0.05, 0.1) is 17.2 Å². The summed E-state index contributed by atoms with van der Waals surface area (Å²) in [6.07, 6.45) is 0. The topological polar surface area (TPSA) is 54.3 Å². The van der Waals surface area contributed by atoms with Crippen molar-refractivity contribution in [2.75, 3.05) is 11.9 Å². The highest BCUT2D eigenvalue weighted by Gasteiger charge is 2.13. The number of hydrogen-bond acceptors (Lipinski definition) is 2. The average molecular weight is 365 g/mol. The molecule has 1 heterocycles. The van der Waals surface area contributed by atoms with Gasteiger partial charge in [-0.3, -0.25) is 4.79 Å². The van der Waals surface area contributed by atoms with Crippen molar-refractivity contribution >= 4 is 45.0 Å². The molecule has 0 aliphatic heterocycles. The van der Waals surface area contributed by atoms with Crippen LogP contribution in [0.25, 0.3) is 21.8 Å². The number of nitrogens with one attached hydrogen (secondary N) is 1. The highest BCUT2D eigenvalue weighted by atomic mass is 35.5. The third-order valence-corrected chi connectivity index (χ3v) is 4.80. The summed E-state index contributed by atoms with van der Waals surface area (Å²) in [6.45, 7) is 0.591. The molecule has 1 amide bonds. The minimum atomic E-state index is -0.242. The van der Waals surface area contributed by atoms with Gasteiger partial charge < -0.3 is 15.0 Å². The van der Waals surface area contributed by atoms with Crippen molar-refractivity contribution in [3.8, 4) is 0 Å². The van der Waals surface area contributed by atoms with Crippen LogP contribution < -0.4 is 5.32 Å². The van der Waals surface area contributed by atoms with Crippen molar-refractivity contribution in [2.45, 2.75) is 6.54 Å². The fourth-order valence-electron chi connectivity index (χ4n) is 3.32. The lowest BCUT2D eigenvalue weighted by Crippen LogP contribution is -2.12. The summed E-state index contributed by atoms with van der Waals surface area (Å²) >= 11 is 6.11. The number of benzene rings is 3. The van der Waals surface area contributed by atoms with Crippen LogP contribution in [-0.2, 0) is 6.54 Å². The second kappa shape index (κ2) is 6.83. The maximum absolute atomic E-state index is 12.5. The lowest BCUT2D eigenvalue weighted by molar-refractivity contribution is 0.102. The van der Waals surface area contributed by atoms with E-state index in [0.29, 0.717) is 22.8 Å². The van der Waals surface area contributed by atoms with E-state index in [2.05, 4.69) is 9.88 Å². The molecule has 0 aliphatic carbocycles. The van der Waals surface area contributed by atoms with Crippen LogP contribution in [0.3, 0.4) is 0 Å². The van der Waals surface area contributed by atoms with E-state index in [9.17, 15) is 9.90 Å². The second-order valence-corrected chi connectivity index (χ2v) is 6.47. The zero-order chi connectivity index (χ0) is 18.1. The van der Waals surface area contributed by atoms with Gasteiger partial charge in [0, 0.05) is 34.0 Å². The van der Waals surface area contributed by atoms with Gasteiger partial charge in [-0.1, -0.05) is 41.9 Å². The number of aromatic nitrogens is 1. The van der Waals surface area contributed by atoms with E-state index in [1.165, 1.54) is 0 Å². The van der Waals surface area contributed by atoms with Crippen molar-refractivity contribution < 1.29 is 9.90 Å². The van der Waals surface area contributed by atoms with E-state index in [4.69, 9.17) is 11.6 Å². The van der Waals surface area contributed by atoms with Crippen LogP contribution in [-0.4, -0.2) is 22.2 Å². The quantitative estimate of drug-likeness (QED) is 0.551. The fourth-order valence-corrected chi connectivity index (χ4v) is 3.54. The van der Waals surface area contributed by atoms with E-state index >= 15 is 0 Å². The lowest BCUT2D eigenvalue weighted by atomic mass is 10.1. The number of fused-ring (bicyclic) bond motifs is 3. The van der Waals surface area contributed by atoms with Crippen molar-refractivity contribution in [2.24, 2.45) is 0 Å². The zero-order valence-electron chi connectivity index (χ0n) is 13.9. The number of para-hydroxylation sites is 1. The largest absolute Gasteiger partial charge is 0.395 e. The van der Waals surface area contributed by atoms with Crippen LogP contribution in [0.15, 0.2) is 66.7 Å². The smallest absolute Gasteiger partial charge is 0.257 e. The third kappa shape index (κ3) is 2.83. The molecule has 0 radical (unpaired) electrons. The molecule has 4 nitrogen and oxygen atoms in total. The predicted octanol–water partition coefficient (Wildman–Crippen LogP) is 4.69. The molecule has 0 fully saturated rings. The van der Waals surface area contributed by atoms with E-state index in [1.807, 2.05) is 42.5 Å². The molecule has 0 saturated carbocycles. The Hall–Kier alpha value is -2.82. The number of carbonyl (C=O) groups is 1. The Labute approximate surface area is 155 Å². The van der Waals surface area contributed by atoms with Crippen LogP contribution in [0.2, 0.25) is 5.02 Å². The Morgan fingerprint density at radius 1 is 0.962 bits per heavy atom. The molecule has 130 valence electrons. The van der Waals surface area contributed by atoms with Gasteiger partial charge in [0.15, 0.2) is 0 Å². The molecule has 3 aromatic carbocycles. The minimum absolute atomic E-state index is 0.0682. The number of rotatable bonds is 4. The molecule has 5 heteroatoms. The van der Waals surface area contributed by atoms with Gasteiger partial charge in [-0.15, -0.1) is 0 Å². The molecule has 2 N–H and O–H groups in total. The summed E-state index contributed by atoms with van der Waals surface area (Å²) < 4.78 is 2.09. The van der Waals surface area contributed by atoms with E-state index in [0.717, 1.165) is 21.8 Å². The highest BCUT2D eigenvalue weighted by Crippen LogP contribution is 2.31. The summed E-state index contributed by atoms with van der Waals surface area (Å²) in [5, 5.41) is 14.9. The number of hydrogen-bond donors (Lipinski definition) is 2. The van der Waals surface area contributed by atoms with Crippen LogP contribution in [0.5, 0.6) is 0 Å². The standard InChI is InChI=1S/C21H17ClN2O2/c22-18-7-3-1-6-16(18)21(26)23-14-9-10-20-17(13-14)15-5-2-4-8-19(15)24(20)11-12-25/h1-10,13,25H,11-12H2,(H,23,26). The van der Waals surface area contributed by atoms with Gasteiger partial charge in [0.25, 0.3) is 5.91 Å². The number of carbonyl (C=O) groups excluding carboxylic acids is 1. The summed E-state index contributed by atoms with van der Waals surface area (Å²) in [5.41, 5.74) is 3.23. The van der Waals surface area contributed by atoms with Crippen LogP contribution in [0.4, 0.5) is 5.69 Å². The van der Waals surface area contributed by atoms with Gasteiger partial charge in [-0.2, -0.15) is 0 Å². The molecule has 0 saturated heterocycles. The first-order valence-electron chi connectivity index (χ1n) is 8.37. The molecule has 0 spiro atoms. The van der Waals surface area contributed by atoms with Crippen molar-refractivity contribution in [1.82, 2.24) is 4.57 Å². The average Bonchev–Trinajstić information content (AvgIpc) is 2.96. The molecule has 0 bridgehead atoms. The highest BCUT2D eigenvalue weighted by molar-refractivity contribution is 6.34. The normalized spacial score (nSPS) is 11.2. The number of aliphatic hydroxyl groups is 1. The van der Waals surface area contributed by atoms with Gasteiger partial charge in [0.2, 0.25) is 0 Å². The van der Waals surface area contributed by atoms with E-state index in [-0.39, 0.29) is 12.5 Å². The summed E-state index contributed by atoms with van der Waals surface area (Å²) in [4.78, 5) is 12.5. The number of aliphatic hydroxyl groups excluding tert-OH is 1. The van der Waals surface area contributed by atoms with Crippen molar-refractivity contribution in [3.05, 3.63) is 77.3 Å². The molecule has 0 aliphatic rings. The molecule has 0 atom stereocenters. The molecule has 4 aromatic rings. The number of nitrogens with zero attached hydrogens (tertiary/aromatic N) is 1. The van der Waals surface area contributed by atoms with Gasteiger partial charge in [-0.05, 0) is 36.4 Å². The third-order valence-electron chi connectivity index (χ3n) is 4.47. The van der Waals surface area contributed by atoms with Crippen LogP contribution in [0, 0.1) is 0 Å². The van der Waals surface area contributed by atoms with Gasteiger partial charge in [-0.25, -0.2) is 0 Å². The van der Waals surface area contributed by atoms with E-state index in [1.54, 1.807) is 24.3 Å². The van der Waals surface area contributed by atoms with Crippen molar-refractivity contribution in [1.29, 1.82) is 0 Å². The molecular formula is C21H17ClN2O2. The number of halogens is 1. The number of amides is 1. The van der Waals surface area contributed by atoms with Gasteiger partial charge >= 0.3 is 0 Å². The molecule has 1 aromatic heterocycles. The lowest BCUT2D eigenvalue weighted by Gasteiger charge is -2.08. The Morgan fingerprint density at radius 2 is 1.69 bits per heavy atom. The summed E-state index contributed by atoms with van der Waals surface area (Å²) in [7, 11) is 0. The minimum Gasteiger partial charge on any atom is -0.395 e. The van der Waals surface area contributed by atoms with Crippen LogP contribution >= 0.6 is 11.6 Å². The Kier molecular flexibility index (Phi) is 4.37. The second-order valence-electron chi connectivity index (χ2n) is 6.06.